The quantitative estimate of drug-likeness (QED) is 0.827. The van der Waals surface area contributed by atoms with Crippen molar-refractivity contribution in [1.29, 1.82) is 0 Å². The van der Waals surface area contributed by atoms with E-state index < -0.39 is 0 Å². The van der Waals surface area contributed by atoms with E-state index in [4.69, 9.17) is 0 Å². The van der Waals surface area contributed by atoms with E-state index in [0.717, 1.165) is 31.0 Å². The zero-order chi connectivity index (χ0) is 16.1. The number of amides is 1. The molecule has 1 saturated heterocycles. The van der Waals surface area contributed by atoms with Crippen molar-refractivity contribution in [2.24, 2.45) is 5.41 Å². The molecule has 0 aliphatic carbocycles. The third-order valence-electron chi connectivity index (χ3n) is 4.16. The van der Waals surface area contributed by atoms with Gasteiger partial charge in [-0.2, -0.15) is 0 Å². The topological polar surface area (TPSA) is 54.0 Å². The van der Waals surface area contributed by atoms with E-state index in [-0.39, 0.29) is 11.3 Å². The fraction of sp³-hybridized carbons (Fsp3) is 0.333. The summed E-state index contributed by atoms with van der Waals surface area (Å²) in [4.78, 5) is 17.7. The molecule has 23 heavy (non-hydrogen) atoms. The van der Waals surface area contributed by atoms with Gasteiger partial charge in [0.2, 0.25) is 5.91 Å². The van der Waals surface area contributed by atoms with Crippen LogP contribution in [0.5, 0.6) is 0 Å². The molecule has 1 fully saturated rings. The molecular weight excluding hydrogens is 306 g/mol. The van der Waals surface area contributed by atoms with Gasteiger partial charge in [0, 0.05) is 35.3 Å². The highest BCUT2D eigenvalue weighted by Crippen LogP contribution is 2.28. The largest absolute Gasteiger partial charge is 0.326 e. The number of benzene rings is 1. The maximum atomic E-state index is 12.4. The monoisotopic (exact) mass is 327 g/mol. The van der Waals surface area contributed by atoms with E-state index >= 15 is 0 Å². The van der Waals surface area contributed by atoms with Crippen molar-refractivity contribution in [1.82, 2.24) is 10.3 Å². The maximum absolute atomic E-state index is 12.4. The molecule has 4 nitrogen and oxygen atoms in total. The van der Waals surface area contributed by atoms with Crippen LogP contribution in [0.1, 0.15) is 18.9 Å². The highest BCUT2D eigenvalue weighted by atomic mass is 32.2. The zero-order valence-electron chi connectivity index (χ0n) is 13.2. The first kappa shape index (κ1) is 16.0. The van der Waals surface area contributed by atoms with E-state index in [2.05, 4.69) is 21.7 Å². The van der Waals surface area contributed by atoms with Gasteiger partial charge < -0.3 is 10.6 Å². The third kappa shape index (κ3) is 4.12. The highest BCUT2D eigenvalue weighted by molar-refractivity contribution is 7.98. The van der Waals surface area contributed by atoms with Gasteiger partial charge in [0.25, 0.3) is 0 Å². The zero-order valence-corrected chi connectivity index (χ0v) is 14.0. The number of aromatic nitrogens is 1. The van der Waals surface area contributed by atoms with Crippen molar-refractivity contribution in [3.63, 3.8) is 0 Å². The molecule has 1 atom stereocenters. The lowest BCUT2D eigenvalue weighted by molar-refractivity contribution is -0.123. The van der Waals surface area contributed by atoms with Gasteiger partial charge in [-0.15, -0.1) is 11.8 Å². The summed E-state index contributed by atoms with van der Waals surface area (Å²) >= 11 is 1.76. The summed E-state index contributed by atoms with van der Waals surface area (Å²) in [5.41, 5.74) is 1.76. The van der Waals surface area contributed by atoms with Crippen LogP contribution in [0.4, 0.5) is 5.69 Å². The SMILES string of the molecule is CC1(C(=O)Nc2ccc(SCc3cccnc3)cc2)CCNC1. The summed E-state index contributed by atoms with van der Waals surface area (Å²) in [6.07, 6.45) is 4.56. The minimum absolute atomic E-state index is 0.0956. The number of carbonyl (C=O) groups excluding carboxylic acids is 1. The average Bonchev–Trinajstić information content (AvgIpc) is 3.03. The van der Waals surface area contributed by atoms with Crippen LogP contribution in [-0.2, 0) is 10.5 Å². The number of hydrogen-bond acceptors (Lipinski definition) is 4. The molecule has 1 amide bonds. The van der Waals surface area contributed by atoms with Crippen LogP contribution in [0.25, 0.3) is 0 Å². The summed E-state index contributed by atoms with van der Waals surface area (Å²) in [6.45, 7) is 3.67. The molecule has 1 aromatic carbocycles. The number of carbonyl (C=O) groups is 1. The van der Waals surface area contributed by atoms with Crippen molar-refractivity contribution in [2.75, 3.05) is 18.4 Å². The molecule has 0 spiro atoms. The van der Waals surface area contributed by atoms with Crippen LogP contribution in [0.15, 0.2) is 53.7 Å². The molecule has 2 aromatic rings. The number of thioether (sulfide) groups is 1. The van der Waals surface area contributed by atoms with Crippen LogP contribution >= 0.6 is 11.8 Å². The number of anilines is 1. The number of nitrogens with zero attached hydrogens (tertiary/aromatic N) is 1. The van der Waals surface area contributed by atoms with E-state index in [1.807, 2.05) is 43.5 Å². The van der Waals surface area contributed by atoms with Gasteiger partial charge in [-0.25, -0.2) is 0 Å². The predicted octanol–water partition coefficient (Wildman–Crippen LogP) is 3.31. The molecule has 0 radical (unpaired) electrons. The number of pyridine rings is 1. The molecular formula is C18H21N3OS. The summed E-state index contributed by atoms with van der Waals surface area (Å²) in [7, 11) is 0. The van der Waals surface area contributed by atoms with Crippen molar-refractivity contribution in [3.8, 4) is 0 Å². The van der Waals surface area contributed by atoms with E-state index in [1.165, 1.54) is 10.5 Å². The Hall–Kier alpha value is -1.85. The highest BCUT2D eigenvalue weighted by Gasteiger charge is 2.36. The molecule has 0 saturated carbocycles. The first-order valence-corrected chi connectivity index (χ1v) is 8.78. The fourth-order valence-electron chi connectivity index (χ4n) is 2.58. The lowest BCUT2D eigenvalue weighted by Crippen LogP contribution is -2.35. The average molecular weight is 327 g/mol. The minimum atomic E-state index is -0.298. The van der Waals surface area contributed by atoms with E-state index in [1.54, 1.807) is 18.0 Å². The molecule has 1 aromatic heterocycles. The van der Waals surface area contributed by atoms with Crippen LogP contribution < -0.4 is 10.6 Å². The first-order valence-electron chi connectivity index (χ1n) is 7.80. The Bertz CT molecular complexity index is 652. The van der Waals surface area contributed by atoms with Crippen LogP contribution in [-0.4, -0.2) is 24.0 Å². The fourth-order valence-corrected chi connectivity index (χ4v) is 3.41. The smallest absolute Gasteiger partial charge is 0.231 e. The second-order valence-corrected chi connectivity index (χ2v) is 7.16. The summed E-state index contributed by atoms with van der Waals surface area (Å²) in [6, 6.07) is 12.1. The summed E-state index contributed by atoms with van der Waals surface area (Å²) < 4.78 is 0. The molecule has 0 bridgehead atoms. The van der Waals surface area contributed by atoms with Crippen molar-refractivity contribution < 1.29 is 4.79 Å². The van der Waals surface area contributed by atoms with Crippen LogP contribution in [0, 0.1) is 5.41 Å². The Morgan fingerprint density at radius 3 is 2.83 bits per heavy atom. The number of hydrogen-bond donors (Lipinski definition) is 2. The van der Waals surface area contributed by atoms with Gasteiger partial charge in [0.15, 0.2) is 0 Å². The Kier molecular flexibility index (Phi) is 4.98. The van der Waals surface area contributed by atoms with Gasteiger partial charge in [-0.1, -0.05) is 6.07 Å². The second-order valence-electron chi connectivity index (χ2n) is 6.12. The van der Waals surface area contributed by atoms with Crippen molar-refractivity contribution in [3.05, 3.63) is 54.4 Å². The van der Waals surface area contributed by atoms with E-state index in [0.29, 0.717) is 0 Å². The Labute approximate surface area is 141 Å². The van der Waals surface area contributed by atoms with Gasteiger partial charge in [-0.3, -0.25) is 9.78 Å². The Balaban J connectivity index is 1.55. The van der Waals surface area contributed by atoms with Gasteiger partial charge in [0.05, 0.1) is 5.41 Å². The second kappa shape index (κ2) is 7.15. The predicted molar refractivity (Wildman–Crippen MR) is 94.5 cm³/mol. The normalized spacial score (nSPS) is 20.4. The maximum Gasteiger partial charge on any atom is 0.231 e. The lowest BCUT2D eigenvalue weighted by Gasteiger charge is -2.21. The molecule has 2 N–H and O–H groups in total. The lowest BCUT2D eigenvalue weighted by atomic mass is 9.89. The van der Waals surface area contributed by atoms with Crippen molar-refractivity contribution in [2.45, 2.75) is 24.0 Å². The third-order valence-corrected chi connectivity index (χ3v) is 5.24. The van der Waals surface area contributed by atoms with Gasteiger partial charge in [-0.05, 0) is 55.8 Å². The molecule has 1 unspecified atom stereocenters. The minimum Gasteiger partial charge on any atom is -0.326 e. The summed E-state index contributed by atoms with van der Waals surface area (Å²) in [5, 5.41) is 6.28. The Morgan fingerprint density at radius 2 is 2.17 bits per heavy atom. The molecule has 120 valence electrons. The van der Waals surface area contributed by atoms with Crippen molar-refractivity contribution >= 4 is 23.4 Å². The molecule has 2 heterocycles. The Morgan fingerprint density at radius 1 is 1.35 bits per heavy atom. The summed E-state index contributed by atoms with van der Waals surface area (Å²) in [5.74, 6) is 0.988. The molecule has 1 aliphatic rings. The number of nitrogens with one attached hydrogen (secondary N) is 2. The van der Waals surface area contributed by atoms with E-state index in [9.17, 15) is 4.79 Å². The van der Waals surface area contributed by atoms with Crippen LogP contribution in [0.2, 0.25) is 0 Å². The molecule has 5 heteroatoms. The molecule has 1 aliphatic heterocycles. The van der Waals surface area contributed by atoms with Crippen LogP contribution in [0.3, 0.4) is 0 Å². The van der Waals surface area contributed by atoms with Gasteiger partial charge in [0.1, 0.15) is 0 Å². The first-order chi connectivity index (χ1) is 11.2. The number of rotatable bonds is 5. The molecule has 3 rings (SSSR count). The van der Waals surface area contributed by atoms with Gasteiger partial charge >= 0.3 is 0 Å². The standard InChI is InChI=1S/C18H21N3OS/c1-18(8-10-20-13-18)17(22)21-15-4-6-16(7-5-15)23-12-14-3-2-9-19-11-14/h2-7,9,11,20H,8,10,12-13H2,1H3,(H,21,22).